The van der Waals surface area contributed by atoms with E-state index in [0.29, 0.717) is 32.4 Å². The highest BCUT2D eigenvalue weighted by Gasteiger charge is 2.18. The van der Waals surface area contributed by atoms with Crippen molar-refractivity contribution in [3.63, 3.8) is 0 Å². The largest absolute Gasteiger partial charge is 0.436 e. The number of hydrogen-bond acceptors (Lipinski definition) is 4. The van der Waals surface area contributed by atoms with E-state index in [2.05, 4.69) is 31.5 Å². The molecule has 0 aliphatic rings. The molecule has 0 fully saturated rings. The Morgan fingerprint density at radius 3 is 2.61 bits per heavy atom. The number of anilines is 1. The third kappa shape index (κ3) is 4.64. The molecular weight excluding hydrogens is 465 g/mol. The van der Waals surface area contributed by atoms with Gasteiger partial charge in [-0.2, -0.15) is 0 Å². The summed E-state index contributed by atoms with van der Waals surface area (Å²) in [6.07, 6.45) is 0. The van der Waals surface area contributed by atoms with E-state index >= 15 is 0 Å². The maximum atomic E-state index is 13.6. The van der Waals surface area contributed by atoms with E-state index in [0.717, 1.165) is 0 Å². The van der Waals surface area contributed by atoms with E-state index < -0.39 is 11.9 Å². The van der Waals surface area contributed by atoms with Gasteiger partial charge < -0.3 is 15.1 Å². The molecule has 0 aliphatic heterocycles. The van der Waals surface area contributed by atoms with Crippen LogP contribution >= 0.6 is 15.9 Å². The number of carbonyl (C=O) groups is 2. The molecule has 0 bridgehead atoms. The highest BCUT2D eigenvalue weighted by molar-refractivity contribution is 9.10. The van der Waals surface area contributed by atoms with Gasteiger partial charge >= 0.3 is 0 Å². The number of aromatic nitrogens is 1. The molecule has 3 aromatic carbocycles. The maximum Gasteiger partial charge on any atom is 0.251 e. The number of hydrogen-bond donors (Lipinski definition) is 2. The molecule has 156 valence electrons. The summed E-state index contributed by atoms with van der Waals surface area (Å²) in [5.74, 6) is -0.853. The van der Waals surface area contributed by atoms with Gasteiger partial charge in [0.15, 0.2) is 5.58 Å². The predicted molar refractivity (Wildman–Crippen MR) is 119 cm³/mol. The fourth-order valence-corrected chi connectivity index (χ4v) is 3.38. The summed E-state index contributed by atoms with van der Waals surface area (Å²) < 4.78 is 20.0. The Morgan fingerprint density at radius 2 is 1.84 bits per heavy atom. The van der Waals surface area contributed by atoms with Crippen molar-refractivity contribution in [2.75, 3.05) is 5.32 Å². The van der Waals surface area contributed by atoms with Crippen molar-refractivity contribution in [2.45, 2.75) is 13.0 Å². The lowest BCUT2D eigenvalue weighted by Crippen LogP contribution is -2.41. The van der Waals surface area contributed by atoms with Crippen LogP contribution in [0.15, 0.2) is 75.6 Å². The van der Waals surface area contributed by atoms with Crippen LogP contribution in [0.3, 0.4) is 0 Å². The van der Waals surface area contributed by atoms with Crippen molar-refractivity contribution < 1.29 is 18.4 Å². The fourth-order valence-electron chi connectivity index (χ4n) is 2.97. The molecular formula is C23H17BrFN3O3. The van der Waals surface area contributed by atoms with Crippen molar-refractivity contribution in [1.29, 1.82) is 0 Å². The average Bonchev–Trinajstić information content (AvgIpc) is 3.19. The van der Waals surface area contributed by atoms with Crippen molar-refractivity contribution in [2.24, 2.45) is 0 Å². The summed E-state index contributed by atoms with van der Waals surface area (Å²) in [5, 5.41) is 5.42. The minimum Gasteiger partial charge on any atom is -0.436 e. The second-order valence-corrected chi connectivity index (χ2v) is 7.73. The third-order valence-electron chi connectivity index (χ3n) is 4.59. The Hall–Kier alpha value is -3.52. The summed E-state index contributed by atoms with van der Waals surface area (Å²) in [6, 6.07) is 17.1. The Morgan fingerprint density at radius 1 is 1.06 bits per heavy atom. The van der Waals surface area contributed by atoms with Crippen LogP contribution in [0.4, 0.5) is 10.1 Å². The quantitative estimate of drug-likeness (QED) is 0.412. The number of oxazole rings is 1. The van der Waals surface area contributed by atoms with E-state index in [9.17, 15) is 14.0 Å². The van der Waals surface area contributed by atoms with Gasteiger partial charge in [-0.3, -0.25) is 9.59 Å². The van der Waals surface area contributed by atoms with Crippen LogP contribution in [-0.4, -0.2) is 22.8 Å². The van der Waals surface area contributed by atoms with E-state index in [1.807, 2.05) is 6.07 Å². The summed E-state index contributed by atoms with van der Waals surface area (Å²) in [4.78, 5) is 29.1. The SMILES string of the molecule is C[C@@H](NC(=O)c1ccccc1)C(=O)Nc1ccc2oc(-c3cc(F)ccc3Br)nc2c1. The summed E-state index contributed by atoms with van der Waals surface area (Å²) >= 11 is 3.37. The van der Waals surface area contributed by atoms with Crippen molar-refractivity contribution in [1.82, 2.24) is 10.3 Å². The number of amides is 2. The normalized spacial score (nSPS) is 11.8. The number of rotatable bonds is 5. The zero-order valence-corrected chi connectivity index (χ0v) is 17.9. The van der Waals surface area contributed by atoms with Gasteiger partial charge in [-0.05, 0) is 71.4 Å². The van der Waals surface area contributed by atoms with Crippen LogP contribution in [0.2, 0.25) is 0 Å². The topological polar surface area (TPSA) is 84.2 Å². The summed E-state index contributed by atoms with van der Waals surface area (Å²) in [6.45, 7) is 1.60. The maximum absolute atomic E-state index is 13.6. The predicted octanol–water partition coefficient (Wildman–Crippen LogP) is 5.15. The molecule has 2 amide bonds. The molecule has 6 nitrogen and oxygen atoms in total. The first-order valence-corrected chi connectivity index (χ1v) is 10.2. The van der Waals surface area contributed by atoms with Gasteiger partial charge in [-0.25, -0.2) is 9.37 Å². The highest BCUT2D eigenvalue weighted by Crippen LogP contribution is 2.31. The van der Waals surface area contributed by atoms with Gasteiger partial charge in [0.05, 0.1) is 5.56 Å². The molecule has 1 heterocycles. The lowest BCUT2D eigenvalue weighted by atomic mass is 10.2. The highest BCUT2D eigenvalue weighted by atomic mass is 79.9. The number of fused-ring (bicyclic) bond motifs is 1. The zero-order chi connectivity index (χ0) is 22.0. The molecule has 4 aromatic rings. The Kier molecular flexibility index (Phi) is 5.81. The van der Waals surface area contributed by atoms with Gasteiger partial charge in [0.25, 0.3) is 5.91 Å². The lowest BCUT2D eigenvalue weighted by molar-refractivity contribution is -0.117. The van der Waals surface area contributed by atoms with E-state index in [-0.39, 0.29) is 17.7 Å². The standard InChI is InChI=1S/C23H17BrFN3O3/c1-13(26-22(30)14-5-3-2-4-6-14)21(29)27-16-8-10-20-19(12-16)28-23(31-20)17-11-15(25)7-9-18(17)24/h2-13H,1H3,(H,26,30)(H,27,29)/t13-/m1/s1. The lowest BCUT2D eigenvalue weighted by Gasteiger charge is -2.14. The fraction of sp³-hybridized carbons (Fsp3) is 0.0870. The van der Waals surface area contributed by atoms with Gasteiger partial charge in [0, 0.05) is 15.7 Å². The average molecular weight is 482 g/mol. The molecule has 1 atom stereocenters. The zero-order valence-electron chi connectivity index (χ0n) is 16.4. The number of halogens is 2. The van der Waals surface area contributed by atoms with E-state index in [1.165, 1.54) is 12.1 Å². The minimum absolute atomic E-state index is 0.258. The summed E-state index contributed by atoms with van der Waals surface area (Å²) in [5.41, 5.74) is 2.46. The van der Waals surface area contributed by atoms with Gasteiger partial charge in [-0.1, -0.05) is 18.2 Å². The Balaban J connectivity index is 1.49. The first-order valence-electron chi connectivity index (χ1n) is 9.43. The van der Waals surface area contributed by atoms with Crippen LogP contribution in [0.1, 0.15) is 17.3 Å². The molecule has 0 unspecified atom stereocenters. The third-order valence-corrected chi connectivity index (χ3v) is 5.28. The molecule has 0 radical (unpaired) electrons. The summed E-state index contributed by atoms with van der Waals surface area (Å²) in [7, 11) is 0. The Bertz CT molecular complexity index is 1270. The van der Waals surface area contributed by atoms with Crippen LogP contribution in [0, 0.1) is 5.82 Å². The molecule has 1 aromatic heterocycles. The molecule has 4 rings (SSSR count). The molecule has 0 spiro atoms. The van der Waals surface area contributed by atoms with Gasteiger partial charge in [-0.15, -0.1) is 0 Å². The number of nitrogens with one attached hydrogen (secondary N) is 2. The van der Waals surface area contributed by atoms with Crippen molar-refractivity contribution in [3.05, 3.63) is 82.6 Å². The monoisotopic (exact) mass is 481 g/mol. The van der Waals surface area contributed by atoms with Crippen molar-refractivity contribution >= 4 is 44.5 Å². The second kappa shape index (κ2) is 8.69. The molecule has 31 heavy (non-hydrogen) atoms. The molecule has 0 saturated heterocycles. The van der Waals surface area contributed by atoms with Crippen LogP contribution < -0.4 is 10.6 Å². The van der Waals surface area contributed by atoms with E-state index in [4.69, 9.17) is 4.42 Å². The molecule has 8 heteroatoms. The van der Waals surface area contributed by atoms with Crippen LogP contribution in [0.25, 0.3) is 22.6 Å². The second-order valence-electron chi connectivity index (χ2n) is 6.88. The molecule has 0 saturated carbocycles. The first-order chi connectivity index (χ1) is 14.9. The minimum atomic E-state index is -0.750. The van der Waals surface area contributed by atoms with Gasteiger partial charge in [0.2, 0.25) is 11.8 Å². The van der Waals surface area contributed by atoms with Crippen LogP contribution in [-0.2, 0) is 4.79 Å². The van der Waals surface area contributed by atoms with E-state index in [1.54, 1.807) is 55.5 Å². The number of carbonyl (C=O) groups excluding carboxylic acids is 2. The number of benzene rings is 3. The number of nitrogens with zero attached hydrogens (tertiary/aromatic N) is 1. The van der Waals surface area contributed by atoms with Crippen LogP contribution in [0.5, 0.6) is 0 Å². The first kappa shape index (κ1) is 20.7. The Labute approximate surface area is 185 Å². The van der Waals surface area contributed by atoms with Crippen molar-refractivity contribution in [3.8, 4) is 11.5 Å². The van der Waals surface area contributed by atoms with Gasteiger partial charge in [0.1, 0.15) is 17.4 Å². The smallest absolute Gasteiger partial charge is 0.251 e. The molecule has 0 aliphatic carbocycles. The molecule has 2 N–H and O–H groups in total.